The van der Waals surface area contributed by atoms with Gasteiger partial charge in [-0.05, 0) is 200 Å². The Bertz CT molecular complexity index is 2600. The molecule has 0 aliphatic rings. The number of amides is 1. The lowest BCUT2D eigenvalue weighted by Gasteiger charge is -2.35. The first-order valence-corrected chi connectivity index (χ1v) is 37.3. The van der Waals surface area contributed by atoms with E-state index >= 15 is 0 Å². The number of rotatable bonds is 41. The summed E-state index contributed by atoms with van der Waals surface area (Å²) in [6.45, 7) is 27.0. The maximum atomic E-state index is 12.8. The van der Waals surface area contributed by atoms with Crippen molar-refractivity contribution < 1.29 is 33.1 Å². The molecular formula is C73H103NO7Si2. The molecule has 0 bridgehead atoms. The van der Waals surface area contributed by atoms with E-state index in [0.717, 1.165) is 88.8 Å². The third-order valence-corrected chi connectivity index (χ3v) is 22.7. The van der Waals surface area contributed by atoms with Crippen LogP contribution < -0.4 is 10.1 Å². The Kier molecular flexibility index (Phi) is 35.0. The molecule has 4 aromatic carbocycles. The SMILES string of the molecule is C=CC(CC/C=C\CC/C=C/CC)CC(C)CC[Si](C)(C)O[Si](C)(C)CCCOc1ccc(C(=O)c2ccccc2)cc1.C=CC(CC/C=C\CC/C=C/CC)CCC(CC)C(CC(=O)Nc1ccc(C(=O)c2ccccc2)cc1)C(=O)O. The first kappa shape index (κ1) is 71.1. The molecule has 4 aromatic rings. The maximum Gasteiger partial charge on any atom is 0.307 e. The molecule has 10 heteroatoms. The van der Waals surface area contributed by atoms with Crippen molar-refractivity contribution in [1.82, 2.24) is 0 Å². The number of carboxylic acids is 1. The topological polar surface area (TPSA) is 119 Å². The summed E-state index contributed by atoms with van der Waals surface area (Å²) in [7, 11) is -3.51. The summed E-state index contributed by atoms with van der Waals surface area (Å²) >= 11 is 0. The van der Waals surface area contributed by atoms with E-state index in [-0.39, 0.29) is 29.8 Å². The van der Waals surface area contributed by atoms with E-state index in [2.05, 4.69) is 120 Å². The zero-order chi connectivity index (χ0) is 60.7. The van der Waals surface area contributed by atoms with E-state index in [4.69, 9.17) is 8.85 Å². The van der Waals surface area contributed by atoms with E-state index < -0.39 is 28.5 Å². The van der Waals surface area contributed by atoms with Gasteiger partial charge in [0, 0.05) is 34.4 Å². The molecule has 0 saturated heterocycles. The molecule has 5 unspecified atom stereocenters. The van der Waals surface area contributed by atoms with Crippen LogP contribution in [0.3, 0.4) is 0 Å². The van der Waals surface area contributed by atoms with Gasteiger partial charge in [-0.15, -0.1) is 13.2 Å². The van der Waals surface area contributed by atoms with Crippen LogP contribution in [0.2, 0.25) is 38.3 Å². The zero-order valence-electron chi connectivity index (χ0n) is 52.0. The van der Waals surface area contributed by atoms with Crippen molar-refractivity contribution in [3.8, 4) is 5.75 Å². The Morgan fingerprint density at radius 3 is 1.49 bits per heavy atom. The number of aliphatic carboxylic acids is 1. The molecule has 0 spiro atoms. The molecule has 0 saturated carbocycles. The van der Waals surface area contributed by atoms with Crippen LogP contribution in [0.5, 0.6) is 5.75 Å². The fourth-order valence-electron chi connectivity index (χ4n) is 10.4. The number of anilines is 1. The number of benzene rings is 4. The van der Waals surface area contributed by atoms with Gasteiger partial charge in [0.15, 0.2) is 28.2 Å². The average molecular weight is 1160 g/mol. The second kappa shape index (κ2) is 40.9. The standard InChI is InChI=1S/C38H58O3Si2.C35H45NO4/c1-8-10-11-12-13-14-15-17-21-34(9-2)32-33(3)28-31-43(6,7)41-42(4,5)30-20-29-40-37-26-24-36(25-27-37)38(39)35-22-18-16-19-23-35;1-4-7-8-9-10-11-12-14-17-27(5-2)20-21-28(6-3)32(35(39)40)26-33(37)36-31-24-22-30(23-25-31)34(38)29-18-15-13-16-19-29/h9-11,14-16,18-19,22-27,33-34H,2,8,12-13,17,20-21,28-32H2,1,3-7H3;5,7-8,11-13,15-16,18-19,22-25,27-28,32H,2,4,6,9-10,14,17,20-21,26H2,1,3H3,(H,36,37)(H,39,40)/b11-10+,15-14-;8-7+,12-11-. The summed E-state index contributed by atoms with van der Waals surface area (Å²) in [5.41, 5.74) is 3.04. The Labute approximate surface area is 504 Å². The fourth-order valence-corrected chi connectivity index (χ4v) is 19.4. The van der Waals surface area contributed by atoms with E-state index in [1.54, 1.807) is 36.4 Å². The molecule has 83 heavy (non-hydrogen) atoms. The quantitative estimate of drug-likeness (QED) is 0.0197. The Morgan fingerprint density at radius 1 is 0.554 bits per heavy atom. The van der Waals surface area contributed by atoms with Crippen molar-refractivity contribution in [3.63, 3.8) is 0 Å². The van der Waals surface area contributed by atoms with Crippen LogP contribution in [0, 0.1) is 29.6 Å². The minimum atomic E-state index is -1.78. The van der Waals surface area contributed by atoms with Crippen LogP contribution in [-0.4, -0.2) is 51.8 Å². The number of ketones is 2. The van der Waals surface area contributed by atoms with Crippen LogP contribution in [0.1, 0.15) is 169 Å². The molecular weight excluding hydrogens is 1060 g/mol. The van der Waals surface area contributed by atoms with E-state index in [0.29, 0.717) is 58.7 Å². The summed E-state index contributed by atoms with van der Waals surface area (Å²) in [6.07, 6.45) is 38.8. The number of carbonyl (C=O) groups is 4. The average Bonchev–Trinajstić information content (AvgIpc) is 3.62. The van der Waals surface area contributed by atoms with Crippen LogP contribution in [0.4, 0.5) is 5.69 Å². The summed E-state index contributed by atoms with van der Waals surface area (Å²) in [5.74, 6) is 0.209. The Balaban J connectivity index is 0.000000436. The van der Waals surface area contributed by atoms with Gasteiger partial charge in [0.2, 0.25) is 5.91 Å². The smallest absolute Gasteiger partial charge is 0.307 e. The van der Waals surface area contributed by atoms with Crippen molar-refractivity contribution in [2.75, 3.05) is 11.9 Å². The molecule has 4 rings (SSSR count). The van der Waals surface area contributed by atoms with Crippen molar-refractivity contribution in [3.05, 3.63) is 205 Å². The van der Waals surface area contributed by atoms with E-state index in [1.165, 1.54) is 25.3 Å². The molecule has 0 heterocycles. The van der Waals surface area contributed by atoms with Gasteiger partial charge in [0.1, 0.15) is 5.75 Å². The van der Waals surface area contributed by atoms with Crippen molar-refractivity contribution in [2.24, 2.45) is 29.6 Å². The number of carbonyl (C=O) groups excluding carboxylic acids is 3. The first-order valence-electron chi connectivity index (χ1n) is 31.0. The number of allylic oxidation sites excluding steroid dienone is 10. The predicted molar refractivity (Wildman–Crippen MR) is 356 cm³/mol. The number of unbranched alkanes of at least 4 members (excludes halogenated alkanes) is 2. The molecule has 450 valence electrons. The van der Waals surface area contributed by atoms with Crippen molar-refractivity contribution in [1.29, 1.82) is 0 Å². The first-order chi connectivity index (χ1) is 39.9. The van der Waals surface area contributed by atoms with E-state index in [1.807, 2.05) is 85.8 Å². The molecule has 5 atom stereocenters. The van der Waals surface area contributed by atoms with Gasteiger partial charge < -0.3 is 19.3 Å². The van der Waals surface area contributed by atoms with Gasteiger partial charge in [-0.2, -0.15) is 0 Å². The zero-order valence-corrected chi connectivity index (χ0v) is 54.0. The van der Waals surface area contributed by atoms with Gasteiger partial charge >= 0.3 is 5.97 Å². The fraction of sp³-hybridized carbons (Fsp3) is 0.452. The third kappa shape index (κ3) is 30.3. The van der Waals surface area contributed by atoms with Crippen LogP contribution in [0.15, 0.2) is 183 Å². The molecule has 0 aliphatic carbocycles. The lowest BCUT2D eigenvalue weighted by atomic mass is 9.81. The Morgan fingerprint density at radius 2 is 1.01 bits per heavy atom. The minimum absolute atomic E-state index is 0.0353. The highest BCUT2D eigenvalue weighted by atomic mass is 28.4. The maximum absolute atomic E-state index is 12.8. The Hall–Kier alpha value is -6.21. The number of carboxylic acid groups (broad SMARTS) is 1. The molecule has 0 aliphatic heterocycles. The van der Waals surface area contributed by atoms with Crippen molar-refractivity contribution >= 4 is 45.8 Å². The summed E-state index contributed by atoms with van der Waals surface area (Å²) < 4.78 is 12.9. The second-order valence-electron chi connectivity index (χ2n) is 23.4. The monoisotopic (exact) mass is 1160 g/mol. The number of hydrogen-bond acceptors (Lipinski definition) is 6. The van der Waals surface area contributed by atoms with Gasteiger partial charge in [-0.3, -0.25) is 19.2 Å². The van der Waals surface area contributed by atoms with E-state index in [9.17, 15) is 24.3 Å². The van der Waals surface area contributed by atoms with Gasteiger partial charge in [-0.25, -0.2) is 0 Å². The normalized spacial score (nSPS) is 13.7. The summed E-state index contributed by atoms with van der Waals surface area (Å²) in [4.78, 5) is 50.2. The van der Waals surface area contributed by atoms with Crippen molar-refractivity contribution in [2.45, 2.75) is 175 Å². The lowest BCUT2D eigenvalue weighted by Crippen LogP contribution is -2.44. The summed E-state index contributed by atoms with van der Waals surface area (Å²) in [5, 5.41) is 12.7. The molecule has 0 radical (unpaired) electrons. The van der Waals surface area contributed by atoms with Crippen LogP contribution >= 0.6 is 0 Å². The molecule has 1 amide bonds. The number of hydrogen-bond donors (Lipinski definition) is 2. The number of nitrogens with one attached hydrogen (secondary N) is 1. The summed E-state index contributed by atoms with van der Waals surface area (Å²) in [6, 6.07) is 34.9. The highest BCUT2D eigenvalue weighted by molar-refractivity contribution is 6.84. The number of ether oxygens (including phenoxy) is 1. The molecule has 2 N–H and O–H groups in total. The molecule has 8 nitrogen and oxygen atoms in total. The highest BCUT2D eigenvalue weighted by Gasteiger charge is 2.33. The lowest BCUT2D eigenvalue weighted by molar-refractivity contribution is -0.145. The minimum Gasteiger partial charge on any atom is -0.494 e. The van der Waals surface area contributed by atoms with Crippen LogP contribution in [0.25, 0.3) is 0 Å². The second-order valence-corrected chi connectivity index (χ2v) is 32.2. The van der Waals surface area contributed by atoms with Gasteiger partial charge in [0.05, 0.1) is 12.5 Å². The highest BCUT2D eigenvalue weighted by Crippen LogP contribution is 2.31. The molecule has 0 aromatic heterocycles. The van der Waals surface area contributed by atoms with Gasteiger partial charge in [0.25, 0.3) is 0 Å². The van der Waals surface area contributed by atoms with Crippen LogP contribution in [-0.2, 0) is 13.7 Å². The van der Waals surface area contributed by atoms with Gasteiger partial charge in [-0.1, -0.05) is 162 Å². The largest absolute Gasteiger partial charge is 0.494 e. The predicted octanol–water partition coefficient (Wildman–Crippen LogP) is 20.1. The third-order valence-electron chi connectivity index (χ3n) is 15.2. The molecule has 0 fully saturated rings.